The molecule has 4 rings (SSSR count). The van der Waals surface area contributed by atoms with Gasteiger partial charge in [0.05, 0.1) is 6.07 Å². The molecule has 1 atom stereocenters. The van der Waals surface area contributed by atoms with Crippen molar-refractivity contribution in [3.8, 4) is 11.8 Å². The molecule has 2 nitrogen and oxygen atoms in total. The first-order valence-corrected chi connectivity index (χ1v) is 8.18. The number of hydrogen-bond donors (Lipinski definition) is 0. The van der Waals surface area contributed by atoms with E-state index in [4.69, 9.17) is 10.00 Å². The van der Waals surface area contributed by atoms with Crippen molar-refractivity contribution < 1.29 is 4.74 Å². The summed E-state index contributed by atoms with van der Waals surface area (Å²) in [4.78, 5) is 0. The predicted octanol–water partition coefficient (Wildman–Crippen LogP) is 5.08. The molecule has 0 radical (unpaired) electrons. The maximum atomic E-state index is 8.97. The van der Waals surface area contributed by atoms with E-state index < -0.39 is 0 Å². The van der Waals surface area contributed by atoms with E-state index in [0.29, 0.717) is 18.9 Å². The van der Waals surface area contributed by atoms with Crippen molar-refractivity contribution in [3.63, 3.8) is 0 Å². The van der Waals surface area contributed by atoms with E-state index in [9.17, 15) is 0 Å². The number of nitriles is 1. The molecule has 0 bridgehead atoms. The highest BCUT2D eigenvalue weighted by Gasteiger charge is 2.35. The fourth-order valence-electron chi connectivity index (χ4n) is 3.18. The van der Waals surface area contributed by atoms with Gasteiger partial charge in [-0.05, 0) is 47.2 Å². The van der Waals surface area contributed by atoms with Crippen LogP contribution in [0.1, 0.15) is 29.5 Å². The third kappa shape index (κ3) is 2.24. The highest BCUT2D eigenvalue weighted by Crippen LogP contribution is 2.50. The molecule has 2 aliphatic rings. The number of rotatable bonds is 1. The van der Waals surface area contributed by atoms with Gasteiger partial charge in [-0.1, -0.05) is 45.8 Å². The van der Waals surface area contributed by atoms with Crippen LogP contribution in [-0.2, 0) is 6.61 Å². The molecule has 1 heterocycles. The summed E-state index contributed by atoms with van der Waals surface area (Å²) in [6.45, 7) is 0.583. The first-order chi connectivity index (χ1) is 10.8. The normalized spacial score (nSPS) is 21.9. The van der Waals surface area contributed by atoms with E-state index in [2.05, 4.69) is 58.4 Å². The Morgan fingerprint density at radius 2 is 2.05 bits per heavy atom. The van der Waals surface area contributed by atoms with Crippen LogP contribution in [-0.4, -0.2) is 0 Å². The van der Waals surface area contributed by atoms with Gasteiger partial charge in [-0.2, -0.15) is 5.26 Å². The molecule has 1 unspecified atom stereocenters. The summed E-state index contributed by atoms with van der Waals surface area (Å²) in [5.74, 6) is 1.32. The summed E-state index contributed by atoms with van der Waals surface area (Å²) in [7, 11) is 0. The van der Waals surface area contributed by atoms with Gasteiger partial charge in [0.2, 0.25) is 0 Å². The second-order valence-corrected chi connectivity index (χ2v) is 6.67. The molecular formula is C19H14BrNO. The molecule has 1 saturated carbocycles. The van der Waals surface area contributed by atoms with Crippen molar-refractivity contribution >= 4 is 21.5 Å². The second-order valence-electron chi connectivity index (χ2n) is 5.75. The molecule has 2 aromatic rings. The topological polar surface area (TPSA) is 33.0 Å². The molecule has 1 aliphatic carbocycles. The van der Waals surface area contributed by atoms with Crippen LogP contribution in [0.3, 0.4) is 0 Å². The summed E-state index contributed by atoms with van der Waals surface area (Å²) in [6.07, 6.45) is 1.63. The smallest absolute Gasteiger partial charge is 0.128 e. The van der Waals surface area contributed by atoms with Gasteiger partial charge in [0.15, 0.2) is 0 Å². The maximum absolute atomic E-state index is 8.97. The third-order valence-electron chi connectivity index (χ3n) is 4.34. The molecule has 0 spiro atoms. The molecule has 22 heavy (non-hydrogen) atoms. The maximum Gasteiger partial charge on any atom is 0.128 e. The van der Waals surface area contributed by atoms with Crippen molar-refractivity contribution in [2.75, 3.05) is 0 Å². The van der Waals surface area contributed by atoms with Crippen LogP contribution in [0.25, 0.3) is 5.57 Å². The minimum absolute atomic E-state index is 0.405. The van der Waals surface area contributed by atoms with Crippen molar-refractivity contribution in [1.82, 2.24) is 0 Å². The number of benzene rings is 2. The first-order valence-electron chi connectivity index (χ1n) is 7.39. The fourth-order valence-corrected chi connectivity index (χ4v) is 3.52. The summed E-state index contributed by atoms with van der Waals surface area (Å²) in [5.41, 5.74) is 6.27. The zero-order chi connectivity index (χ0) is 15.1. The number of halogens is 1. The molecule has 108 valence electrons. The Bertz CT molecular complexity index is 832. The molecule has 0 saturated heterocycles. The van der Waals surface area contributed by atoms with E-state index in [1.807, 2.05) is 6.07 Å². The van der Waals surface area contributed by atoms with E-state index >= 15 is 0 Å². The molecule has 0 amide bonds. The summed E-state index contributed by atoms with van der Waals surface area (Å²) in [5, 5.41) is 8.97. The number of fused-ring (bicyclic) bond motifs is 2. The van der Waals surface area contributed by atoms with E-state index in [1.165, 1.54) is 22.3 Å². The Balaban J connectivity index is 1.95. The quantitative estimate of drug-likeness (QED) is 0.717. The minimum atomic E-state index is 0.405. The Labute approximate surface area is 138 Å². The van der Waals surface area contributed by atoms with Crippen molar-refractivity contribution in [2.24, 2.45) is 5.92 Å². The number of allylic oxidation sites excluding steroid dienone is 1. The molecule has 2 aromatic carbocycles. The van der Waals surface area contributed by atoms with E-state index in [0.717, 1.165) is 22.2 Å². The molecule has 3 heteroatoms. The lowest BCUT2D eigenvalue weighted by Crippen LogP contribution is -1.95. The monoisotopic (exact) mass is 351 g/mol. The fraction of sp³-hybridized carbons (Fsp3) is 0.211. The predicted molar refractivity (Wildman–Crippen MR) is 89.3 cm³/mol. The second kappa shape index (κ2) is 5.30. The molecule has 0 N–H and O–H groups in total. The van der Waals surface area contributed by atoms with Crippen LogP contribution in [0.5, 0.6) is 5.75 Å². The summed E-state index contributed by atoms with van der Waals surface area (Å²) >= 11 is 3.52. The highest BCUT2D eigenvalue weighted by atomic mass is 79.9. The summed E-state index contributed by atoms with van der Waals surface area (Å²) in [6, 6.07) is 16.9. The van der Waals surface area contributed by atoms with Crippen LogP contribution < -0.4 is 4.74 Å². The number of ether oxygens (including phenoxy) is 1. The zero-order valence-corrected chi connectivity index (χ0v) is 13.6. The third-order valence-corrected chi connectivity index (χ3v) is 4.83. The highest BCUT2D eigenvalue weighted by molar-refractivity contribution is 9.10. The lowest BCUT2D eigenvalue weighted by Gasteiger charge is -2.10. The van der Waals surface area contributed by atoms with Crippen LogP contribution in [0.15, 0.2) is 52.5 Å². The molecule has 1 fully saturated rings. The Kier molecular flexibility index (Phi) is 3.28. The molecule has 0 aromatic heterocycles. The van der Waals surface area contributed by atoms with Crippen LogP contribution in [0.2, 0.25) is 0 Å². The van der Waals surface area contributed by atoms with Gasteiger partial charge in [-0.3, -0.25) is 0 Å². The Morgan fingerprint density at radius 3 is 2.91 bits per heavy atom. The summed E-state index contributed by atoms with van der Waals surface area (Å²) < 4.78 is 7.05. The van der Waals surface area contributed by atoms with Gasteiger partial charge in [0.25, 0.3) is 0 Å². The van der Waals surface area contributed by atoms with Crippen LogP contribution in [0, 0.1) is 17.2 Å². The van der Waals surface area contributed by atoms with Crippen molar-refractivity contribution in [3.05, 3.63) is 69.2 Å². The van der Waals surface area contributed by atoms with Gasteiger partial charge in [0, 0.05) is 16.5 Å². The van der Waals surface area contributed by atoms with Crippen molar-refractivity contribution in [2.45, 2.75) is 19.4 Å². The molecule has 1 aliphatic heterocycles. The van der Waals surface area contributed by atoms with Gasteiger partial charge in [0.1, 0.15) is 12.4 Å². The first kappa shape index (κ1) is 13.6. The molecular weight excluding hydrogens is 338 g/mol. The van der Waals surface area contributed by atoms with E-state index in [-0.39, 0.29) is 0 Å². The standard InChI is InChI=1S/C19H14BrNO/c20-14-5-6-16-18(10-14)22-11-13-3-1-2-4-15(13)19(16)17-9-12(17)7-8-21/h1-6,10,12H,7,9,11H2/b19-17+. The lowest BCUT2D eigenvalue weighted by atomic mass is 9.93. The Morgan fingerprint density at radius 1 is 1.18 bits per heavy atom. The number of nitrogens with zero attached hydrogens (tertiary/aromatic N) is 1. The van der Waals surface area contributed by atoms with E-state index in [1.54, 1.807) is 0 Å². The Hall–Kier alpha value is -2.05. The number of hydrogen-bond acceptors (Lipinski definition) is 2. The van der Waals surface area contributed by atoms with Gasteiger partial charge < -0.3 is 4.74 Å². The van der Waals surface area contributed by atoms with Gasteiger partial charge >= 0.3 is 0 Å². The van der Waals surface area contributed by atoms with Crippen LogP contribution >= 0.6 is 15.9 Å². The lowest BCUT2D eigenvalue weighted by molar-refractivity contribution is 0.307. The minimum Gasteiger partial charge on any atom is -0.488 e. The zero-order valence-electron chi connectivity index (χ0n) is 12.0. The average Bonchev–Trinajstić information content (AvgIpc) is 3.29. The van der Waals surface area contributed by atoms with Gasteiger partial charge in [-0.15, -0.1) is 0 Å². The van der Waals surface area contributed by atoms with Crippen molar-refractivity contribution in [1.29, 1.82) is 5.26 Å². The SMILES string of the molecule is N#CCC1C/C1=C1/c2ccccc2COc2cc(Br)ccc21. The van der Waals surface area contributed by atoms with Crippen LogP contribution in [0.4, 0.5) is 0 Å². The largest absolute Gasteiger partial charge is 0.488 e. The van der Waals surface area contributed by atoms with Gasteiger partial charge in [-0.25, -0.2) is 0 Å². The average molecular weight is 352 g/mol.